The number of thioether (sulfide) groups is 1. The SMILES string of the molecule is Clc1ccc(C2NC3CCCCC3CS2)cc1. The maximum atomic E-state index is 5.93. The molecule has 1 nitrogen and oxygen atoms in total. The predicted molar refractivity (Wildman–Crippen MR) is 75.5 cm³/mol. The van der Waals surface area contributed by atoms with Crippen molar-refractivity contribution < 1.29 is 0 Å². The smallest absolute Gasteiger partial charge is 0.0791 e. The van der Waals surface area contributed by atoms with Gasteiger partial charge in [0.15, 0.2) is 0 Å². The van der Waals surface area contributed by atoms with E-state index in [1.165, 1.54) is 37.0 Å². The minimum absolute atomic E-state index is 0.464. The zero-order valence-electron chi connectivity index (χ0n) is 9.86. The van der Waals surface area contributed by atoms with Gasteiger partial charge in [-0.2, -0.15) is 0 Å². The normalized spacial score (nSPS) is 33.1. The van der Waals surface area contributed by atoms with Crippen LogP contribution in [0, 0.1) is 5.92 Å². The first kappa shape index (κ1) is 11.9. The third-order valence-electron chi connectivity index (χ3n) is 3.92. The standard InChI is InChI=1S/C14H18ClNS/c15-12-7-5-10(6-8-12)14-16-13-4-2-1-3-11(13)9-17-14/h5-8,11,13-14,16H,1-4,9H2. The van der Waals surface area contributed by atoms with Crippen LogP contribution in [0.1, 0.15) is 36.6 Å². The number of rotatable bonds is 1. The molecule has 1 N–H and O–H groups in total. The predicted octanol–water partition coefficient (Wildman–Crippen LogP) is 4.23. The molecule has 1 aliphatic heterocycles. The fraction of sp³-hybridized carbons (Fsp3) is 0.571. The Balaban J connectivity index is 1.71. The summed E-state index contributed by atoms with van der Waals surface area (Å²) in [7, 11) is 0. The zero-order valence-corrected chi connectivity index (χ0v) is 11.4. The van der Waals surface area contributed by atoms with E-state index in [0.717, 1.165) is 17.0 Å². The Morgan fingerprint density at radius 3 is 2.71 bits per heavy atom. The molecule has 17 heavy (non-hydrogen) atoms. The van der Waals surface area contributed by atoms with Crippen LogP contribution in [0.5, 0.6) is 0 Å². The summed E-state index contributed by atoms with van der Waals surface area (Å²) in [5, 5.41) is 5.10. The maximum absolute atomic E-state index is 5.93. The Bertz CT molecular complexity index is 378. The lowest BCUT2D eigenvalue weighted by atomic mass is 9.85. The topological polar surface area (TPSA) is 12.0 Å². The summed E-state index contributed by atoms with van der Waals surface area (Å²) < 4.78 is 0. The second-order valence-electron chi connectivity index (χ2n) is 5.08. The van der Waals surface area contributed by atoms with E-state index in [9.17, 15) is 0 Å². The summed E-state index contributed by atoms with van der Waals surface area (Å²) >= 11 is 7.99. The molecule has 0 aromatic heterocycles. The van der Waals surface area contributed by atoms with Crippen LogP contribution < -0.4 is 5.32 Å². The van der Waals surface area contributed by atoms with Crippen molar-refractivity contribution in [3.05, 3.63) is 34.9 Å². The van der Waals surface area contributed by atoms with Crippen LogP contribution >= 0.6 is 23.4 Å². The summed E-state index contributed by atoms with van der Waals surface area (Å²) in [6.07, 6.45) is 5.59. The van der Waals surface area contributed by atoms with Crippen LogP contribution in [0.3, 0.4) is 0 Å². The van der Waals surface area contributed by atoms with Crippen LogP contribution in [0.2, 0.25) is 5.02 Å². The van der Waals surface area contributed by atoms with Crippen molar-refractivity contribution in [2.24, 2.45) is 5.92 Å². The average molecular weight is 268 g/mol. The molecule has 1 saturated carbocycles. The van der Waals surface area contributed by atoms with Gasteiger partial charge < -0.3 is 0 Å². The van der Waals surface area contributed by atoms with E-state index in [1.807, 2.05) is 12.1 Å². The Kier molecular flexibility index (Phi) is 3.64. The number of hydrogen-bond donors (Lipinski definition) is 1. The second kappa shape index (κ2) is 5.21. The quantitative estimate of drug-likeness (QED) is 0.817. The molecule has 0 radical (unpaired) electrons. The zero-order chi connectivity index (χ0) is 11.7. The Hall–Kier alpha value is -0.180. The first-order valence-electron chi connectivity index (χ1n) is 6.46. The van der Waals surface area contributed by atoms with Crippen molar-refractivity contribution in [3.63, 3.8) is 0 Å². The lowest BCUT2D eigenvalue weighted by Crippen LogP contribution is -2.44. The van der Waals surface area contributed by atoms with Gasteiger partial charge in [0, 0.05) is 11.1 Å². The first-order valence-corrected chi connectivity index (χ1v) is 7.89. The highest BCUT2D eigenvalue weighted by Crippen LogP contribution is 2.39. The molecule has 1 heterocycles. The molecule has 3 heteroatoms. The van der Waals surface area contributed by atoms with Crippen molar-refractivity contribution in [1.82, 2.24) is 5.32 Å². The van der Waals surface area contributed by atoms with Crippen LogP contribution in [-0.2, 0) is 0 Å². The van der Waals surface area contributed by atoms with Gasteiger partial charge in [0.1, 0.15) is 0 Å². The van der Waals surface area contributed by atoms with Crippen molar-refractivity contribution in [3.8, 4) is 0 Å². The van der Waals surface area contributed by atoms with Crippen LogP contribution in [0.4, 0.5) is 0 Å². The van der Waals surface area contributed by atoms with E-state index in [2.05, 4.69) is 29.2 Å². The molecule has 1 aromatic carbocycles. The van der Waals surface area contributed by atoms with Crippen LogP contribution in [0.25, 0.3) is 0 Å². The first-order chi connectivity index (χ1) is 8.33. The van der Waals surface area contributed by atoms with Crippen molar-refractivity contribution in [2.45, 2.75) is 37.1 Å². The third-order valence-corrected chi connectivity index (χ3v) is 5.54. The minimum atomic E-state index is 0.464. The lowest BCUT2D eigenvalue weighted by Gasteiger charge is -2.40. The number of hydrogen-bond acceptors (Lipinski definition) is 2. The molecular weight excluding hydrogens is 250 g/mol. The van der Waals surface area contributed by atoms with Gasteiger partial charge in [0.25, 0.3) is 0 Å². The van der Waals surface area contributed by atoms with Gasteiger partial charge in [-0.25, -0.2) is 0 Å². The molecule has 0 spiro atoms. The number of nitrogens with one attached hydrogen (secondary N) is 1. The third kappa shape index (κ3) is 2.64. The highest BCUT2D eigenvalue weighted by atomic mass is 35.5. The molecule has 0 amide bonds. The fourth-order valence-electron chi connectivity index (χ4n) is 2.92. The number of halogens is 1. The molecule has 1 saturated heterocycles. The van der Waals surface area contributed by atoms with E-state index < -0.39 is 0 Å². The van der Waals surface area contributed by atoms with Crippen LogP contribution in [0.15, 0.2) is 24.3 Å². The number of benzene rings is 1. The lowest BCUT2D eigenvalue weighted by molar-refractivity contribution is 0.271. The van der Waals surface area contributed by atoms with Crippen LogP contribution in [-0.4, -0.2) is 11.8 Å². The molecule has 92 valence electrons. The minimum Gasteiger partial charge on any atom is -0.299 e. The highest BCUT2D eigenvalue weighted by molar-refractivity contribution is 7.99. The molecule has 3 unspecified atom stereocenters. The molecule has 2 fully saturated rings. The largest absolute Gasteiger partial charge is 0.299 e. The molecule has 2 aliphatic rings. The fourth-order valence-corrected chi connectivity index (χ4v) is 4.50. The van der Waals surface area contributed by atoms with Gasteiger partial charge in [0.05, 0.1) is 5.37 Å². The summed E-state index contributed by atoms with van der Waals surface area (Å²) in [5.41, 5.74) is 1.36. The Morgan fingerprint density at radius 2 is 1.88 bits per heavy atom. The van der Waals surface area contributed by atoms with Gasteiger partial charge in [-0.1, -0.05) is 36.6 Å². The van der Waals surface area contributed by atoms with E-state index in [0.29, 0.717) is 5.37 Å². The summed E-state index contributed by atoms with van der Waals surface area (Å²) in [6, 6.07) is 9.02. The second-order valence-corrected chi connectivity index (χ2v) is 6.66. The Morgan fingerprint density at radius 1 is 1.12 bits per heavy atom. The van der Waals surface area contributed by atoms with Crippen molar-refractivity contribution >= 4 is 23.4 Å². The van der Waals surface area contributed by atoms with Gasteiger partial charge in [-0.3, -0.25) is 5.32 Å². The molecule has 3 atom stereocenters. The summed E-state index contributed by atoms with van der Waals surface area (Å²) in [6.45, 7) is 0. The maximum Gasteiger partial charge on any atom is 0.0791 e. The van der Waals surface area contributed by atoms with Crippen molar-refractivity contribution in [2.75, 3.05) is 5.75 Å². The van der Waals surface area contributed by atoms with E-state index in [4.69, 9.17) is 11.6 Å². The van der Waals surface area contributed by atoms with E-state index in [1.54, 1.807) is 0 Å². The van der Waals surface area contributed by atoms with Gasteiger partial charge in [0.2, 0.25) is 0 Å². The molecule has 1 aliphatic carbocycles. The van der Waals surface area contributed by atoms with Gasteiger partial charge in [-0.15, -0.1) is 11.8 Å². The van der Waals surface area contributed by atoms with E-state index >= 15 is 0 Å². The van der Waals surface area contributed by atoms with E-state index in [-0.39, 0.29) is 0 Å². The Labute approximate surface area is 112 Å². The monoisotopic (exact) mass is 267 g/mol. The summed E-state index contributed by atoms with van der Waals surface area (Å²) in [5.74, 6) is 2.21. The number of fused-ring (bicyclic) bond motifs is 1. The molecule has 0 bridgehead atoms. The molecule has 3 rings (SSSR count). The van der Waals surface area contributed by atoms with Gasteiger partial charge >= 0.3 is 0 Å². The molecule has 1 aromatic rings. The summed E-state index contributed by atoms with van der Waals surface area (Å²) in [4.78, 5) is 0. The van der Waals surface area contributed by atoms with Crippen molar-refractivity contribution in [1.29, 1.82) is 0 Å². The highest BCUT2D eigenvalue weighted by Gasteiger charge is 2.32. The average Bonchev–Trinajstić information content (AvgIpc) is 2.39. The molecular formula is C14H18ClNS. The van der Waals surface area contributed by atoms with Gasteiger partial charge in [-0.05, 0) is 42.2 Å².